The van der Waals surface area contributed by atoms with Crippen LogP contribution in [0.3, 0.4) is 0 Å². The Hall–Kier alpha value is -0.200. The van der Waals surface area contributed by atoms with Crippen LogP contribution in [0.5, 0.6) is 0 Å². The van der Waals surface area contributed by atoms with Crippen molar-refractivity contribution in [3.63, 3.8) is 0 Å². The summed E-state index contributed by atoms with van der Waals surface area (Å²) >= 11 is 0. The van der Waals surface area contributed by atoms with Crippen molar-refractivity contribution in [1.82, 2.24) is 10.2 Å². The lowest BCUT2D eigenvalue weighted by molar-refractivity contribution is 0.0729. The maximum Gasteiger partial charge on any atom is 0.0558 e. The smallest absolute Gasteiger partial charge is 0.0558 e. The van der Waals surface area contributed by atoms with Gasteiger partial charge >= 0.3 is 0 Å². The molecule has 1 unspecified atom stereocenters. The van der Waals surface area contributed by atoms with E-state index in [4.69, 9.17) is 5.73 Å². The fraction of sp³-hybridized carbons (Fsp3) is 1.00. The van der Waals surface area contributed by atoms with Crippen LogP contribution in [-0.2, 0) is 0 Å². The molecule has 0 amide bonds. The van der Waals surface area contributed by atoms with Gasteiger partial charge in [-0.3, -0.25) is 4.90 Å². The van der Waals surface area contributed by atoms with Crippen LogP contribution in [0.15, 0.2) is 0 Å². The number of nitrogens with one attached hydrogen (secondary N) is 1. The summed E-state index contributed by atoms with van der Waals surface area (Å²) in [7, 11) is 0. The van der Waals surface area contributed by atoms with E-state index in [0.717, 1.165) is 38.9 Å². The van der Waals surface area contributed by atoms with E-state index in [1.54, 1.807) is 0 Å². The zero-order chi connectivity index (χ0) is 13.9. The lowest BCUT2D eigenvalue weighted by Crippen LogP contribution is -2.46. The van der Waals surface area contributed by atoms with Crippen LogP contribution in [0, 0.1) is 5.92 Å². The van der Waals surface area contributed by atoms with Gasteiger partial charge in [0.15, 0.2) is 0 Å². The number of hydrogen-bond donors (Lipinski definition) is 4. The average molecular weight is 273 g/mol. The third-order valence-corrected chi connectivity index (χ3v) is 4.13. The molecule has 1 aliphatic heterocycles. The van der Waals surface area contributed by atoms with E-state index in [1.807, 2.05) is 0 Å². The van der Waals surface area contributed by atoms with Crippen molar-refractivity contribution in [1.29, 1.82) is 0 Å². The van der Waals surface area contributed by atoms with Gasteiger partial charge in [0.1, 0.15) is 0 Å². The van der Waals surface area contributed by atoms with E-state index < -0.39 is 0 Å². The maximum atomic E-state index is 9.23. The van der Waals surface area contributed by atoms with Crippen LogP contribution in [0.2, 0.25) is 0 Å². The largest absolute Gasteiger partial charge is 0.395 e. The second kappa shape index (κ2) is 10.6. The van der Waals surface area contributed by atoms with Crippen LogP contribution in [-0.4, -0.2) is 67.1 Å². The molecule has 0 aromatic heterocycles. The molecule has 0 aromatic rings. The first-order chi connectivity index (χ1) is 9.33. The SMILES string of the molecule is NCCCCC(C1CCNCC1)N(CCO)CCO. The Labute approximate surface area is 117 Å². The molecular weight excluding hydrogens is 242 g/mol. The fourth-order valence-corrected chi connectivity index (χ4v) is 3.14. The highest BCUT2D eigenvalue weighted by atomic mass is 16.3. The quantitative estimate of drug-likeness (QED) is 0.413. The third kappa shape index (κ3) is 6.19. The van der Waals surface area contributed by atoms with Gasteiger partial charge in [-0.1, -0.05) is 6.42 Å². The van der Waals surface area contributed by atoms with E-state index in [0.29, 0.717) is 25.0 Å². The Kier molecular flexibility index (Phi) is 9.38. The molecule has 0 spiro atoms. The second-order valence-corrected chi connectivity index (χ2v) is 5.42. The summed E-state index contributed by atoms with van der Waals surface area (Å²) in [6.07, 6.45) is 5.72. The van der Waals surface area contributed by atoms with Crippen LogP contribution in [0.25, 0.3) is 0 Å². The first kappa shape index (κ1) is 16.9. The van der Waals surface area contributed by atoms with Gasteiger partial charge < -0.3 is 21.3 Å². The molecule has 19 heavy (non-hydrogen) atoms. The van der Waals surface area contributed by atoms with E-state index in [9.17, 15) is 10.2 Å². The molecule has 1 saturated heterocycles. The van der Waals surface area contributed by atoms with Crippen LogP contribution >= 0.6 is 0 Å². The van der Waals surface area contributed by atoms with Gasteiger partial charge in [-0.15, -0.1) is 0 Å². The maximum absolute atomic E-state index is 9.23. The Balaban J connectivity index is 2.57. The van der Waals surface area contributed by atoms with Crippen molar-refractivity contribution in [2.75, 3.05) is 45.9 Å². The summed E-state index contributed by atoms with van der Waals surface area (Å²) in [6.45, 7) is 4.58. The number of rotatable bonds is 10. The minimum atomic E-state index is 0.165. The molecule has 5 nitrogen and oxygen atoms in total. The van der Waals surface area contributed by atoms with Crippen molar-refractivity contribution in [3.8, 4) is 0 Å². The Morgan fingerprint density at radius 3 is 2.26 bits per heavy atom. The molecule has 1 fully saturated rings. The lowest BCUT2D eigenvalue weighted by Gasteiger charge is -2.38. The van der Waals surface area contributed by atoms with Crippen LogP contribution in [0.4, 0.5) is 0 Å². The van der Waals surface area contributed by atoms with Gasteiger partial charge in [-0.05, 0) is 51.2 Å². The third-order valence-electron chi connectivity index (χ3n) is 4.13. The molecular formula is C14H31N3O2. The molecule has 114 valence electrons. The number of hydrogen-bond acceptors (Lipinski definition) is 5. The molecule has 1 heterocycles. The highest BCUT2D eigenvalue weighted by Gasteiger charge is 2.27. The first-order valence-electron chi connectivity index (χ1n) is 7.70. The van der Waals surface area contributed by atoms with Crippen molar-refractivity contribution >= 4 is 0 Å². The molecule has 1 aliphatic rings. The average Bonchev–Trinajstić information content (AvgIpc) is 2.45. The zero-order valence-corrected chi connectivity index (χ0v) is 12.1. The van der Waals surface area contributed by atoms with Gasteiger partial charge in [0.25, 0.3) is 0 Å². The molecule has 5 N–H and O–H groups in total. The minimum Gasteiger partial charge on any atom is -0.395 e. The minimum absolute atomic E-state index is 0.165. The van der Waals surface area contributed by atoms with Gasteiger partial charge in [0, 0.05) is 19.1 Å². The van der Waals surface area contributed by atoms with Gasteiger partial charge in [-0.2, -0.15) is 0 Å². The molecule has 0 radical (unpaired) electrons. The molecule has 1 atom stereocenters. The number of nitrogens with zero attached hydrogens (tertiary/aromatic N) is 1. The predicted molar refractivity (Wildman–Crippen MR) is 78.0 cm³/mol. The predicted octanol–water partition coefficient (Wildman–Crippen LogP) is -0.230. The van der Waals surface area contributed by atoms with Crippen LogP contribution < -0.4 is 11.1 Å². The molecule has 5 heteroatoms. The van der Waals surface area contributed by atoms with Crippen molar-refractivity contribution in [2.45, 2.75) is 38.1 Å². The summed E-state index contributed by atoms with van der Waals surface area (Å²) < 4.78 is 0. The monoisotopic (exact) mass is 273 g/mol. The number of piperidine rings is 1. The summed E-state index contributed by atoms with van der Waals surface area (Å²) in [5, 5.41) is 21.9. The molecule has 0 bridgehead atoms. The van der Waals surface area contributed by atoms with Crippen molar-refractivity contribution in [3.05, 3.63) is 0 Å². The number of aliphatic hydroxyl groups excluding tert-OH is 2. The summed E-state index contributed by atoms with van der Waals surface area (Å²) in [5.41, 5.74) is 5.58. The lowest BCUT2D eigenvalue weighted by atomic mass is 9.86. The number of unbranched alkanes of at least 4 members (excludes halogenated alkanes) is 1. The summed E-state index contributed by atoms with van der Waals surface area (Å²) in [4.78, 5) is 2.27. The van der Waals surface area contributed by atoms with Gasteiger partial charge in [-0.25, -0.2) is 0 Å². The fourth-order valence-electron chi connectivity index (χ4n) is 3.14. The highest BCUT2D eigenvalue weighted by Crippen LogP contribution is 2.25. The number of nitrogens with two attached hydrogens (primary N) is 1. The molecule has 1 rings (SSSR count). The van der Waals surface area contributed by atoms with E-state index in [-0.39, 0.29) is 13.2 Å². The standard InChI is InChI=1S/C14H31N3O2/c15-6-2-1-3-14(13-4-7-16-8-5-13)17(9-11-18)10-12-19/h13-14,16,18-19H,1-12,15H2. The van der Waals surface area contributed by atoms with Gasteiger partial charge in [0.2, 0.25) is 0 Å². The van der Waals surface area contributed by atoms with E-state index in [2.05, 4.69) is 10.2 Å². The van der Waals surface area contributed by atoms with Crippen molar-refractivity contribution in [2.24, 2.45) is 11.7 Å². The first-order valence-corrected chi connectivity index (χ1v) is 7.70. The molecule has 0 aliphatic carbocycles. The Morgan fingerprint density at radius 1 is 1.11 bits per heavy atom. The second-order valence-electron chi connectivity index (χ2n) is 5.42. The zero-order valence-electron chi connectivity index (χ0n) is 12.1. The van der Waals surface area contributed by atoms with Crippen molar-refractivity contribution < 1.29 is 10.2 Å². The molecule has 0 saturated carbocycles. The number of aliphatic hydroxyl groups is 2. The summed E-state index contributed by atoms with van der Waals surface area (Å²) in [6, 6.07) is 0.480. The van der Waals surface area contributed by atoms with E-state index >= 15 is 0 Å². The normalized spacial score (nSPS) is 18.9. The molecule has 0 aromatic carbocycles. The highest BCUT2D eigenvalue weighted by molar-refractivity contribution is 4.83. The topological polar surface area (TPSA) is 81.8 Å². The van der Waals surface area contributed by atoms with Crippen LogP contribution in [0.1, 0.15) is 32.1 Å². The summed E-state index contributed by atoms with van der Waals surface area (Å²) in [5.74, 6) is 0.678. The van der Waals surface area contributed by atoms with Gasteiger partial charge in [0.05, 0.1) is 13.2 Å². The van der Waals surface area contributed by atoms with E-state index in [1.165, 1.54) is 12.8 Å². The Morgan fingerprint density at radius 2 is 1.74 bits per heavy atom. The Bertz CT molecular complexity index is 205.